The van der Waals surface area contributed by atoms with Crippen LogP contribution in [0, 0.1) is 6.92 Å². The molecule has 0 radical (unpaired) electrons. The average molecular weight is 356 g/mol. The Labute approximate surface area is 151 Å². The average Bonchev–Trinajstić information content (AvgIpc) is 2.93. The van der Waals surface area contributed by atoms with Crippen LogP contribution in [0.4, 0.5) is 0 Å². The SMILES string of the molecule is Cc1ccc(C(=O)C2=C(c3ccc(Cl)cc3)C(=O)OC2N(C)C)cc1. The highest BCUT2D eigenvalue weighted by Gasteiger charge is 2.40. The van der Waals surface area contributed by atoms with Gasteiger partial charge in [0.25, 0.3) is 0 Å². The number of ketones is 1. The third-order valence-electron chi connectivity index (χ3n) is 4.10. The zero-order valence-electron chi connectivity index (χ0n) is 14.2. The quantitative estimate of drug-likeness (QED) is 0.619. The van der Waals surface area contributed by atoms with Crippen molar-refractivity contribution in [2.45, 2.75) is 13.2 Å². The summed E-state index contributed by atoms with van der Waals surface area (Å²) in [5.74, 6) is -0.717. The Hall–Kier alpha value is -2.43. The van der Waals surface area contributed by atoms with E-state index in [1.165, 1.54) is 0 Å². The van der Waals surface area contributed by atoms with Crippen LogP contribution in [0.5, 0.6) is 0 Å². The van der Waals surface area contributed by atoms with Crippen LogP contribution < -0.4 is 0 Å². The second-order valence-electron chi connectivity index (χ2n) is 6.21. The topological polar surface area (TPSA) is 46.6 Å². The first-order valence-corrected chi connectivity index (χ1v) is 8.25. The number of carbonyl (C=O) groups is 2. The molecule has 2 aromatic carbocycles. The molecule has 5 heteroatoms. The van der Waals surface area contributed by atoms with Gasteiger partial charge in [0.15, 0.2) is 12.0 Å². The molecule has 1 unspecified atom stereocenters. The first-order valence-electron chi connectivity index (χ1n) is 7.87. The normalized spacial score (nSPS) is 17.2. The molecule has 128 valence electrons. The van der Waals surface area contributed by atoms with Crippen LogP contribution >= 0.6 is 11.6 Å². The van der Waals surface area contributed by atoms with Gasteiger partial charge in [-0.3, -0.25) is 9.69 Å². The van der Waals surface area contributed by atoms with Crippen molar-refractivity contribution >= 4 is 28.9 Å². The highest BCUT2D eigenvalue weighted by atomic mass is 35.5. The number of likely N-dealkylation sites (N-methyl/N-ethyl adjacent to an activating group) is 1. The molecule has 0 fully saturated rings. The number of hydrogen-bond donors (Lipinski definition) is 0. The molecule has 1 heterocycles. The molecule has 0 bridgehead atoms. The number of nitrogens with zero attached hydrogens (tertiary/aromatic N) is 1. The molecule has 0 aliphatic carbocycles. The van der Waals surface area contributed by atoms with Gasteiger partial charge in [0.1, 0.15) is 0 Å². The van der Waals surface area contributed by atoms with Crippen molar-refractivity contribution in [1.29, 1.82) is 0 Å². The van der Waals surface area contributed by atoms with E-state index in [1.807, 2.05) is 19.1 Å². The number of carbonyl (C=O) groups excluding carboxylic acids is 2. The number of halogens is 1. The first-order chi connectivity index (χ1) is 11.9. The molecule has 1 aliphatic rings. The Bertz CT molecular complexity index is 852. The van der Waals surface area contributed by atoms with Crippen LogP contribution in [0.2, 0.25) is 5.02 Å². The standard InChI is InChI=1S/C20H18ClNO3/c1-12-4-6-14(7-5-12)18(23)17-16(13-8-10-15(21)11-9-13)20(24)25-19(17)22(2)3/h4-11,19H,1-3H3. The third kappa shape index (κ3) is 3.36. The fourth-order valence-corrected chi connectivity index (χ4v) is 2.92. The van der Waals surface area contributed by atoms with Crippen molar-refractivity contribution in [1.82, 2.24) is 4.90 Å². The fourth-order valence-electron chi connectivity index (χ4n) is 2.79. The van der Waals surface area contributed by atoms with E-state index in [-0.39, 0.29) is 5.78 Å². The van der Waals surface area contributed by atoms with E-state index in [4.69, 9.17) is 16.3 Å². The van der Waals surface area contributed by atoms with Crippen molar-refractivity contribution in [2.24, 2.45) is 0 Å². The number of cyclic esters (lactones) is 1. The molecule has 0 N–H and O–H groups in total. The number of esters is 1. The van der Waals surface area contributed by atoms with Crippen LogP contribution in [-0.4, -0.2) is 37.0 Å². The summed E-state index contributed by atoms with van der Waals surface area (Å²) >= 11 is 5.94. The largest absolute Gasteiger partial charge is 0.438 e. The van der Waals surface area contributed by atoms with Crippen molar-refractivity contribution in [3.05, 3.63) is 75.8 Å². The van der Waals surface area contributed by atoms with Crippen LogP contribution in [0.25, 0.3) is 5.57 Å². The predicted octanol–water partition coefficient (Wildman–Crippen LogP) is 3.73. The van der Waals surface area contributed by atoms with Crippen LogP contribution in [0.3, 0.4) is 0 Å². The van der Waals surface area contributed by atoms with E-state index in [0.29, 0.717) is 27.3 Å². The fraction of sp³-hybridized carbons (Fsp3) is 0.200. The molecule has 1 atom stereocenters. The van der Waals surface area contributed by atoms with Gasteiger partial charge in [-0.2, -0.15) is 0 Å². The summed E-state index contributed by atoms with van der Waals surface area (Å²) in [7, 11) is 3.54. The molecule has 0 saturated carbocycles. The van der Waals surface area contributed by atoms with E-state index in [2.05, 4.69) is 0 Å². The van der Waals surface area contributed by atoms with E-state index in [0.717, 1.165) is 5.56 Å². The van der Waals surface area contributed by atoms with Gasteiger partial charge in [-0.1, -0.05) is 53.6 Å². The summed E-state index contributed by atoms with van der Waals surface area (Å²) in [6, 6.07) is 14.1. The lowest BCUT2D eigenvalue weighted by molar-refractivity contribution is -0.143. The monoisotopic (exact) mass is 355 g/mol. The number of ether oxygens (including phenoxy) is 1. The molecular weight excluding hydrogens is 338 g/mol. The van der Waals surface area contributed by atoms with Gasteiger partial charge in [-0.05, 0) is 38.7 Å². The van der Waals surface area contributed by atoms with Crippen molar-refractivity contribution in [3.63, 3.8) is 0 Å². The molecule has 4 nitrogen and oxygen atoms in total. The summed E-state index contributed by atoms with van der Waals surface area (Å²) < 4.78 is 5.46. The van der Waals surface area contributed by atoms with Gasteiger partial charge >= 0.3 is 5.97 Å². The maximum absolute atomic E-state index is 13.1. The highest BCUT2D eigenvalue weighted by molar-refractivity contribution is 6.31. The molecule has 0 amide bonds. The van der Waals surface area contributed by atoms with Crippen LogP contribution in [-0.2, 0) is 9.53 Å². The zero-order valence-corrected chi connectivity index (χ0v) is 15.0. The Kier molecular flexibility index (Phi) is 4.75. The number of aryl methyl sites for hydroxylation is 1. The first kappa shape index (κ1) is 17.4. The lowest BCUT2D eigenvalue weighted by Crippen LogP contribution is -2.32. The van der Waals surface area contributed by atoms with Gasteiger partial charge in [-0.15, -0.1) is 0 Å². The molecule has 2 aromatic rings. The van der Waals surface area contributed by atoms with E-state index < -0.39 is 12.2 Å². The Morgan fingerprint density at radius 1 is 1.04 bits per heavy atom. The minimum Gasteiger partial charge on any atom is -0.438 e. The van der Waals surface area contributed by atoms with Crippen LogP contribution in [0.15, 0.2) is 54.1 Å². The number of benzene rings is 2. The second kappa shape index (κ2) is 6.82. The van der Waals surface area contributed by atoms with Gasteiger partial charge < -0.3 is 4.74 Å². The Morgan fingerprint density at radius 2 is 1.64 bits per heavy atom. The molecule has 3 rings (SSSR count). The highest BCUT2D eigenvalue weighted by Crippen LogP contribution is 2.34. The lowest BCUT2D eigenvalue weighted by Gasteiger charge is -2.20. The van der Waals surface area contributed by atoms with E-state index in [9.17, 15) is 9.59 Å². The molecular formula is C20H18ClNO3. The summed E-state index contributed by atoms with van der Waals surface area (Å²) in [5.41, 5.74) is 2.85. The number of hydrogen-bond acceptors (Lipinski definition) is 4. The van der Waals surface area contributed by atoms with Gasteiger partial charge in [-0.25, -0.2) is 4.79 Å². The van der Waals surface area contributed by atoms with Gasteiger partial charge in [0, 0.05) is 10.6 Å². The van der Waals surface area contributed by atoms with Crippen LogP contribution in [0.1, 0.15) is 21.5 Å². The van der Waals surface area contributed by atoms with Gasteiger partial charge in [0.2, 0.25) is 0 Å². The summed E-state index contributed by atoms with van der Waals surface area (Å²) in [4.78, 5) is 27.3. The molecule has 1 aliphatic heterocycles. The third-order valence-corrected chi connectivity index (χ3v) is 4.35. The minimum atomic E-state index is -0.716. The van der Waals surface area contributed by atoms with E-state index in [1.54, 1.807) is 55.4 Å². The molecule has 0 spiro atoms. The maximum Gasteiger partial charge on any atom is 0.341 e. The van der Waals surface area contributed by atoms with Crippen molar-refractivity contribution in [3.8, 4) is 0 Å². The lowest BCUT2D eigenvalue weighted by atomic mass is 9.94. The zero-order chi connectivity index (χ0) is 18.1. The van der Waals surface area contributed by atoms with Crippen molar-refractivity contribution in [2.75, 3.05) is 14.1 Å². The number of Topliss-reactive ketones (excluding diaryl/α,β-unsaturated/α-hetero) is 1. The second-order valence-corrected chi connectivity index (χ2v) is 6.65. The Morgan fingerprint density at radius 3 is 2.20 bits per heavy atom. The minimum absolute atomic E-state index is 0.213. The summed E-state index contributed by atoms with van der Waals surface area (Å²) in [5, 5.41) is 0.561. The molecule has 0 saturated heterocycles. The van der Waals surface area contributed by atoms with E-state index >= 15 is 0 Å². The molecule has 0 aromatic heterocycles. The van der Waals surface area contributed by atoms with Gasteiger partial charge in [0.05, 0.1) is 11.1 Å². The number of rotatable bonds is 4. The predicted molar refractivity (Wildman–Crippen MR) is 97.4 cm³/mol. The molecule has 25 heavy (non-hydrogen) atoms. The summed E-state index contributed by atoms with van der Waals surface area (Å²) in [6.45, 7) is 1.96. The maximum atomic E-state index is 13.1. The van der Waals surface area contributed by atoms with Crippen molar-refractivity contribution < 1.29 is 14.3 Å². The smallest absolute Gasteiger partial charge is 0.341 e. The Balaban J connectivity index is 2.16. The summed E-state index contributed by atoms with van der Waals surface area (Å²) in [6.07, 6.45) is -0.716.